The van der Waals surface area contributed by atoms with Crippen LogP contribution in [0.1, 0.15) is 11.7 Å². The van der Waals surface area contributed by atoms with Gasteiger partial charge in [0.2, 0.25) is 5.95 Å². The molecular weight excluding hydrogens is 358 g/mol. The molecule has 1 unspecified atom stereocenters. The molecule has 0 bridgehead atoms. The number of aromatic amines is 1. The maximum absolute atomic E-state index is 12.2. The van der Waals surface area contributed by atoms with Crippen molar-refractivity contribution in [2.24, 2.45) is 14.1 Å². The SMILES string of the molecule is Cn1c(N2CCOC(c3ccc(Cl)cc3)C2)nc2c1c(=O)[nH]c(=O)n2C. The molecule has 9 heteroatoms. The first kappa shape index (κ1) is 16.9. The molecule has 1 N–H and O–H groups in total. The largest absolute Gasteiger partial charge is 0.370 e. The fraction of sp³-hybridized carbons (Fsp3) is 0.353. The summed E-state index contributed by atoms with van der Waals surface area (Å²) in [5.41, 5.74) is 0.852. The summed E-state index contributed by atoms with van der Waals surface area (Å²) in [5, 5.41) is 0.678. The number of halogens is 1. The van der Waals surface area contributed by atoms with Crippen molar-refractivity contribution in [2.45, 2.75) is 6.10 Å². The van der Waals surface area contributed by atoms with Crippen molar-refractivity contribution < 1.29 is 4.74 Å². The lowest BCUT2D eigenvalue weighted by Crippen LogP contribution is -2.39. The second kappa shape index (κ2) is 6.30. The molecule has 0 spiro atoms. The van der Waals surface area contributed by atoms with Gasteiger partial charge >= 0.3 is 5.69 Å². The van der Waals surface area contributed by atoms with Crippen molar-refractivity contribution in [1.29, 1.82) is 0 Å². The molecule has 0 radical (unpaired) electrons. The van der Waals surface area contributed by atoms with E-state index in [0.29, 0.717) is 41.8 Å². The molecule has 0 saturated carbocycles. The predicted octanol–water partition coefficient (Wildman–Crippen LogP) is 1.19. The van der Waals surface area contributed by atoms with Crippen LogP contribution in [-0.2, 0) is 18.8 Å². The van der Waals surface area contributed by atoms with E-state index in [2.05, 4.69) is 14.9 Å². The van der Waals surface area contributed by atoms with Crippen LogP contribution in [0, 0.1) is 0 Å². The Bertz CT molecular complexity index is 1080. The van der Waals surface area contributed by atoms with Crippen LogP contribution in [0.4, 0.5) is 5.95 Å². The highest BCUT2D eigenvalue weighted by Gasteiger charge is 2.26. The summed E-state index contributed by atoms with van der Waals surface area (Å²) >= 11 is 5.96. The molecule has 1 aliphatic heterocycles. The lowest BCUT2D eigenvalue weighted by molar-refractivity contribution is 0.0391. The highest BCUT2D eigenvalue weighted by atomic mass is 35.5. The number of aryl methyl sites for hydroxylation is 2. The molecule has 1 aromatic carbocycles. The lowest BCUT2D eigenvalue weighted by atomic mass is 10.1. The minimum atomic E-state index is -0.479. The Morgan fingerprint density at radius 2 is 1.92 bits per heavy atom. The standard InChI is InChI=1S/C17H18ClN5O3/c1-21-13-14(22(2)17(25)20-15(13)24)19-16(21)23-7-8-26-12(9-23)10-3-5-11(18)6-4-10/h3-6,12H,7-9H2,1-2H3,(H,20,24,25). The number of fused-ring (bicyclic) bond motifs is 1. The van der Waals surface area contributed by atoms with E-state index in [4.69, 9.17) is 16.3 Å². The smallest absolute Gasteiger partial charge is 0.329 e. The van der Waals surface area contributed by atoms with Gasteiger partial charge in [-0.05, 0) is 17.7 Å². The molecule has 4 rings (SSSR count). The summed E-state index contributed by atoms with van der Waals surface area (Å²) < 4.78 is 8.96. The number of anilines is 1. The van der Waals surface area contributed by atoms with Crippen LogP contribution in [0.3, 0.4) is 0 Å². The topological polar surface area (TPSA) is 85.2 Å². The van der Waals surface area contributed by atoms with Gasteiger partial charge in [-0.3, -0.25) is 14.3 Å². The van der Waals surface area contributed by atoms with Gasteiger partial charge in [-0.1, -0.05) is 23.7 Å². The molecule has 1 fully saturated rings. The van der Waals surface area contributed by atoms with Crippen molar-refractivity contribution in [3.05, 3.63) is 55.7 Å². The van der Waals surface area contributed by atoms with Crippen molar-refractivity contribution in [3.8, 4) is 0 Å². The van der Waals surface area contributed by atoms with Gasteiger partial charge in [0.15, 0.2) is 11.2 Å². The monoisotopic (exact) mass is 375 g/mol. The number of imidazole rings is 1. The number of hydrogen-bond acceptors (Lipinski definition) is 5. The average molecular weight is 376 g/mol. The zero-order valence-electron chi connectivity index (χ0n) is 14.4. The number of nitrogens with one attached hydrogen (secondary N) is 1. The van der Waals surface area contributed by atoms with Crippen LogP contribution in [0.15, 0.2) is 33.9 Å². The zero-order valence-corrected chi connectivity index (χ0v) is 15.2. The summed E-state index contributed by atoms with van der Waals surface area (Å²) in [6.45, 7) is 1.77. The lowest BCUT2D eigenvalue weighted by Gasteiger charge is -2.33. The summed E-state index contributed by atoms with van der Waals surface area (Å²) in [5.74, 6) is 0.633. The van der Waals surface area contributed by atoms with E-state index in [0.717, 1.165) is 5.56 Å². The summed E-state index contributed by atoms with van der Waals surface area (Å²) in [6, 6.07) is 7.56. The number of ether oxygens (including phenoxy) is 1. The summed E-state index contributed by atoms with van der Waals surface area (Å²) in [6.07, 6.45) is -0.122. The molecule has 26 heavy (non-hydrogen) atoms. The first-order valence-corrected chi connectivity index (χ1v) is 8.61. The van der Waals surface area contributed by atoms with Crippen LogP contribution in [0.25, 0.3) is 11.2 Å². The second-order valence-corrected chi connectivity index (χ2v) is 6.75. The number of hydrogen-bond donors (Lipinski definition) is 1. The van der Waals surface area contributed by atoms with Crippen molar-refractivity contribution >= 4 is 28.7 Å². The fourth-order valence-electron chi connectivity index (χ4n) is 3.29. The minimum Gasteiger partial charge on any atom is -0.370 e. The third-order valence-electron chi connectivity index (χ3n) is 4.70. The fourth-order valence-corrected chi connectivity index (χ4v) is 3.42. The van der Waals surface area contributed by atoms with Crippen molar-refractivity contribution in [3.63, 3.8) is 0 Å². The Labute approximate surface area is 153 Å². The molecule has 0 aliphatic carbocycles. The summed E-state index contributed by atoms with van der Waals surface area (Å²) in [7, 11) is 3.37. The van der Waals surface area contributed by atoms with Crippen molar-refractivity contribution in [1.82, 2.24) is 19.1 Å². The highest BCUT2D eigenvalue weighted by molar-refractivity contribution is 6.30. The quantitative estimate of drug-likeness (QED) is 0.727. The van der Waals surface area contributed by atoms with E-state index >= 15 is 0 Å². The molecule has 8 nitrogen and oxygen atoms in total. The van der Waals surface area contributed by atoms with E-state index in [1.807, 2.05) is 24.3 Å². The van der Waals surface area contributed by atoms with E-state index in [-0.39, 0.29) is 6.10 Å². The van der Waals surface area contributed by atoms with Gasteiger partial charge in [-0.15, -0.1) is 0 Å². The van der Waals surface area contributed by atoms with E-state index in [9.17, 15) is 9.59 Å². The molecule has 0 amide bonds. The van der Waals surface area contributed by atoms with Crippen LogP contribution >= 0.6 is 11.6 Å². The van der Waals surface area contributed by atoms with Gasteiger partial charge < -0.3 is 14.2 Å². The van der Waals surface area contributed by atoms with Crippen LogP contribution in [0.5, 0.6) is 0 Å². The number of H-pyrrole nitrogens is 1. The Balaban J connectivity index is 1.73. The highest BCUT2D eigenvalue weighted by Crippen LogP contribution is 2.27. The van der Waals surface area contributed by atoms with Crippen LogP contribution < -0.4 is 16.1 Å². The maximum Gasteiger partial charge on any atom is 0.329 e. The van der Waals surface area contributed by atoms with Gasteiger partial charge in [0, 0.05) is 25.7 Å². The summed E-state index contributed by atoms with van der Waals surface area (Å²) in [4.78, 5) is 33.0. The van der Waals surface area contributed by atoms with Gasteiger partial charge in [-0.2, -0.15) is 4.98 Å². The Morgan fingerprint density at radius 1 is 1.19 bits per heavy atom. The first-order valence-electron chi connectivity index (χ1n) is 8.23. The van der Waals surface area contributed by atoms with Crippen molar-refractivity contribution in [2.75, 3.05) is 24.6 Å². The molecule has 136 valence electrons. The average Bonchev–Trinajstić information content (AvgIpc) is 2.98. The van der Waals surface area contributed by atoms with Gasteiger partial charge in [0.1, 0.15) is 6.10 Å². The third-order valence-corrected chi connectivity index (χ3v) is 4.95. The van der Waals surface area contributed by atoms with Crippen LogP contribution in [-0.4, -0.2) is 38.8 Å². The first-order chi connectivity index (χ1) is 12.5. The molecule has 3 aromatic rings. The van der Waals surface area contributed by atoms with E-state index < -0.39 is 11.2 Å². The third kappa shape index (κ3) is 2.71. The number of nitrogens with zero attached hydrogens (tertiary/aromatic N) is 4. The number of aromatic nitrogens is 4. The zero-order chi connectivity index (χ0) is 18.4. The van der Waals surface area contributed by atoms with E-state index in [1.165, 1.54) is 4.57 Å². The number of morpholine rings is 1. The molecule has 2 aromatic heterocycles. The minimum absolute atomic E-state index is 0.122. The Morgan fingerprint density at radius 3 is 2.65 bits per heavy atom. The molecule has 1 atom stereocenters. The number of benzene rings is 1. The molecule has 1 saturated heterocycles. The van der Waals surface area contributed by atoms with Gasteiger partial charge in [0.25, 0.3) is 5.56 Å². The molecule has 1 aliphatic rings. The molecule has 3 heterocycles. The number of rotatable bonds is 2. The molecular formula is C17H18ClN5O3. The Hall–Kier alpha value is -2.58. The van der Waals surface area contributed by atoms with Gasteiger partial charge in [-0.25, -0.2) is 4.79 Å². The maximum atomic E-state index is 12.2. The normalized spacial score (nSPS) is 17.8. The van der Waals surface area contributed by atoms with Crippen LogP contribution in [0.2, 0.25) is 5.02 Å². The van der Waals surface area contributed by atoms with Gasteiger partial charge in [0.05, 0.1) is 13.2 Å². The predicted molar refractivity (Wildman–Crippen MR) is 98.9 cm³/mol. The second-order valence-electron chi connectivity index (χ2n) is 6.32. The Kier molecular flexibility index (Phi) is 4.08. The van der Waals surface area contributed by atoms with E-state index in [1.54, 1.807) is 18.7 Å².